The molecule has 0 unspecified atom stereocenters. The molecular formula is C16H19NO2. The smallest absolute Gasteiger partial charge is 0.163 e. The summed E-state index contributed by atoms with van der Waals surface area (Å²) in [5.41, 5.74) is 1.52. The Balaban J connectivity index is 2.48. The van der Waals surface area contributed by atoms with E-state index in [1.54, 1.807) is 6.20 Å². The first-order chi connectivity index (χ1) is 9.27. The molecule has 0 atom stereocenters. The predicted octanol–water partition coefficient (Wildman–Crippen LogP) is 4.01. The first-order valence-electron chi connectivity index (χ1n) is 6.81. The minimum absolute atomic E-state index is 0.169. The highest BCUT2D eigenvalue weighted by atomic mass is 16.5. The van der Waals surface area contributed by atoms with Crippen molar-refractivity contribution in [3.63, 3.8) is 0 Å². The van der Waals surface area contributed by atoms with E-state index in [9.17, 15) is 4.79 Å². The standard InChI is InChI=1S/C16H19NO2/c1-3-6-14(18)12-8-9-15(19-11-4-2)16-13(12)7-5-10-17-16/h5,7-10H,3-4,6,11H2,1-2H3. The van der Waals surface area contributed by atoms with Gasteiger partial charge in [0.15, 0.2) is 5.78 Å². The average molecular weight is 257 g/mol. The maximum atomic E-state index is 12.1. The van der Waals surface area contributed by atoms with Crippen LogP contribution in [0.25, 0.3) is 10.9 Å². The van der Waals surface area contributed by atoms with Crippen LogP contribution in [-0.4, -0.2) is 17.4 Å². The summed E-state index contributed by atoms with van der Waals surface area (Å²) in [5.74, 6) is 0.924. The second-order valence-electron chi connectivity index (χ2n) is 4.53. The summed E-state index contributed by atoms with van der Waals surface area (Å²) in [6.45, 7) is 4.74. The second kappa shape index (κ2) is 6.32. The van der Waals surface area contributed by atoms with E-state index in [1.165, 1.54) is 0 Å². The highest BCUT2D eigenvalue weighted by Gasteiger charge is 2.12. The van der Waals surface area contributed by atoms with Crippen molar-refractivity contribution >= 4 is 16.7 Å². The summed E-state index contributed by atoms with van der Waals surface area (Å²) < 4.78 is 5.69. The van der Waals surface area contributed by atoms with Crippen LogP contribution in [0.1, 0.15) is 43.5 Å². The Kier molecular flexibility index (Phi) is 4.50. The fourth-order valence-corrected chi connectivity index (χ4v) is 2.08. The van der Waals surface area contributed by atoms with Gasteiger partial charge in [0.1, 0.15) is 11.3 Å². The lowest BCUT2D eigenvalue weighted by Crippen LogP contribution is -2.02. The Morgan fingerprint density at radius 1 is 1.21 bits per heavy atom. The fraction of sp³-hybridized carbons (Fsp3) is 0.375. The van der Waals surface area contributed by atoms with Gasteiger partial charge >= 0.3 is 0 Å². The van der Waals surface area contributed by atoms with Crippen molar-refractivity contribution in [2.45, 2.75) is 33.1 Å². The van der Waals surface area contributed by atoms with Gasteiger partial charge < -0.3 is 4.74 Å². The zero-order valence-corrected chi connectivity index (χ0v) is 11.5. The normalized spacial score (nSPS) is 10.6. The molecule has 0 fully saturated rings. The summed E-state index contributed by atoms with van der Waals surface area (Å²) in [5, 5.41) is 0.884. The number of carbonyl (C=O) groups is 1. The molecule has 3 heteroatoms. The second-order valence-corrected chi connectivity index (χ2v) is 4.53. The lowest BCUT2D eigenvalue weighted by Gasteiger charge is -2.10. The summed E-state index contributed by atoms with van der Waals surface area (Å²) in [6, 6.07) is 7.50. The predicted molar refractivity (Wildman–Crippen MR) is 76.8 cm³/mol. The average Bonchev–Trinajstić information content (AvgIpc) is 2.45. The minimum Gasteiger partial charge on any atom is -0.491 e. The van der Waals surface area contributed by atoms with Crippen LogP contribution in [-0.2, 0) is 0 Å². The van der Waals surface area contributed by atoms with Crippen molar-refractivity contribution in [1.82, 2.24) is 4.98 Å². The molecule has 2 aromatic rings. The summed E-state index contributed by atoms with van der Waals surface area (Å²) in [6.07, 6.45) is 4.11. The number of ketones is 1. The van der Waals surface area contributed by atoms with Crippen LogP contribution in [0.4, 0.5) is 0 Å². The first-order valence-corrected chi connectivity index (χ1v) is 6.81. The topological polar surface area (TPSA) is 39.2 Å². The Morgan fingerprint density at radius 2 is 2.05 bits per heavy atom. The monoisotopic (exact) mass is 257 g/mol. The molecule has 0 radical (unpaired) electrons. The van der Waals surface area contributed by atoms with Crippen molar-refractivity contribution in [3.05, 3.63) is 36.0 Å². The molecule has 1 heterocycles. The van der Waals surface area contributed by atoms with E-state index in [1.807, 2.05) is 31.2 Å². The molecule has 0 N–H and O–H groups in total. The van der Waals surface area contributed by atoms with Gasteiger partial charge in [0.2, 0.25) is 0 Å². The Morgan fingerprint density at radius 3 is 2.79 bits per heavy atom. The molecule has 0 aliphatic rings. The van der Waals surface area contributed by atoms with Crippen LogP contribution >= 0.6 is 0 Å². The third kappa shape index (κ3) is 2.92. The van der Waals surface area contributed by atoms with E-state index in [-0.39, 0.29) is 5.78 Å². The van der Waals surface area contributed by atoms with E-state index >= 15 is 0 Å². The van der Waals surface area contributed by atoms with E-state index in [2.05, 4.69) is 11.9 Å². The molecule has 1 aromatic carbocycles. The molecule has 0 aliphatic carbocycles. The number of rotatable bonds is 6. The fourth-order valence-electron chi connectivity index (χ4n) is 2.08. The van der Waals surface area contributed by atoms with Crippen LogP contribution in [0, 0.1) is 0 Å². The summed E-state index contributed by atoms with van der Waals surface area (Å²) >= 11 is 0. The van der Waals surface area contributed by atoms with Crippen LogP contribution in [0.2, 0.25) is 0 Å². The SMILES string of the molecule is CCCOc1ccc(C(=O)CCC)c2cccnc12. The quantitative estimate of drug-likeness (QED) is 0.734. The third-order valence-electron chi connectivity index (χ3n) is 2.97. The van der Waals surface area contributed by atoms with Crippen molar-refractivity contribution < 1.29 is 9.53 Å². The highest BCUT2D eigenvalue weighted by molar-refractivity contribution is 6.08. The number of aromatic nitrogens is 1. The zero-order chi connectivity index (χ0) is 13.7. The molecule has 19 heavy (non-hydrogen) atoms. The van der Waals surface area contributed by atoms with Gasteiger partial charge in [0, 0.05) is 23.6 Å². The van der Waals surface area contributed by atoms with Gasteiger partial charge in [-0.1, -0.05) is 19.9 Å². The maximum absolute atomic E-state index is 12.1. The van der Waals surface area contributed by atoms with E-state index < -0.39 is 0 Å². The largest absolute Gasteiger partial charge is 0.491 e. The van der Waals surface area contributed by atoms with Gasteiger partial charge in [-0.3, -0.25) is 9.78 Å². The zero-order valence-electron chi connectivity index (χ0n) is 11.5. The molecule has 100 valence electrons. The van der Waals surface area contributed by atoms with E-state index in [0.29, 0.717) is 13.0 Å². The van der Waals surface area contributed by atoms with Crippen molar-refractivity contribution in [3.8, 4) is 5.75 Å². The summed E-state index contributed by atoms with van der Waals surface area (Å²) in [7, 11) is 0. The number of ether oxygens (including phenoxy) is 1. The van der Waals surface area contributed by atoms with E-state index in [4.69, 9.17) is 4.74 Å². The Labute approximate surface area is 113 Å². The number of hydrogen-bond acceptors (Lipinski definition) is 3. The summed E-state index contributed by atoms with van der Waals surface area (Å²) in [4.78, 5) is 16.5. The molecule has 2 rings (SSSR count). The molecule has 0 spiro atoms. The van der Waals surface area contributed by atoms with Crippen LogP contribution < -0.4 is 4.74 Å². The van der Waals surface area contributed by atoms with Gasteiger partial charge in [0.25, 0.3) is 0 Å². The molecular weight excluding hydrogens is 238 g/mol. The number of nitrogens with zero attached hydrogens (tertiary/aromatic N) is 1. The maximum Gasteiger partial charge on any atom is 0.163 e. The lowest BCUT2D eigenvalue weighted by molar-refractivity contribution is 0.0983. The molecule has 0 saturated carbocycles. The van der Waals surface area contributed by atoms with Crippen molar-refractivity contribution in [1.29, 1.82) is 0 Å². The molecule has 0 bridgehead atoms. The van der Waals surface area contributed by atoms with Gasteiger partial charge in [-0.15, -0.1) is 0 Å². The molecule has 1 aromatic heterocycles. The molecule has 3 nitrogen and oxygen atoms in total. The lowest BCUT2D eigenvalue weighted by atomic mass is 10.0. The molecule has 0 saturated heterocycles. The van der Waals surface area contributed by atoms with Crippen LogP contribution in [0.5, 0.6) is 5.75 Å². The number of pyridine rings is 1. The first kappa shape index (κ1) is 13.5. The van der Waals surface area contributed by atoms with Crippen molar-refractivity contribution in [2.24, 2.45) is 0 Å². The van der Waals surface area contributed by atoms with Crippen molar-refractivity contribution in [2.75, 3.05) is 6.61 Å². The number of Topliss-reactive ketones (excluding diaryl/α,β-unsaturated/α-hetero) is 1. The highest BCUT2D eigenvalue weighted by Crippen LogP contribution is 2.27. The Bertz CT molecular complexity index is 578. The number of fused-ring (bicyclic) bond motifs is 1. The van der Waals surface area contributed by atoms with Gasteiger partial charge in [-0.2, -0.15) is 0 Å². The van der Waals surface area contributed by atoms with Crippen LogP contribution in [0.15, 0.2) is 30.5 Å². The van der Waals surface area contributed by atoms with Gasteiger partial charge in [0.05, 0.1) is 6.61 Å². The molecule has 0 amide bonds. The van der Waals surface area contributed by atoms with Crippen LogP contribution in [0.3, 0.4) is 0 Å². The van der Waals surface area contributed by atoms with Gasteiger partial charge in [-0.05, 0) is 31.0 Å². The number of carbonyl (C=O) groups excluding carboxylic acids is 1. The Hall–Kier alpha value is -1.90. The number of benzene rings is 1. The number of hydrogen-bond donors (Lipinski definition) is 0. The molecule has 0 aliphatic heterocycles. The third-order valence-corrected chi connectivity index (χ3v) is 2.97. The van der Waals surface area contributed by atoms with E-state index in [0.717, 1.165) is 35.1 Å². The minimum atomic E-state index is 0.169. The van der Waals surface area contributed by atoms with Gasteiger partial charge in [-0.25, -0.2) is 0 Å².